The van der Waals surface area contributed by atoms with E-state index in [0.717, 1.165) is 45.6 Å². The number of carbonyl (C=O) groups is 1. The minimum Gasteiger partial charge on any atom is -0.457 e. The van der Waals surface area contributed by atoms with E-state index in [1.165, 1.54) is 0 Å². The van der Waals surface area contributed by atoms with Crippen molar-refractivity contribution in [3.63, 3.8) is 0 Å². The Morgan fingerprint density at radius 3 is 2.81 bits per heavy atom. The number of rotatable bonds is 5. The van der Waals surface area contributed by atoms with Gasteiger partial charge in [-0.15, -0.1) is 0 Å². The van der Waals surface area contributed by atoms with Crippen molar-refractivity contribution in [2.75, 3.05) is 29.5 Å². The van der Waals surface area contributed by atoms with Crippen molar-refractivity contribution in [2.45, 2.75) is 0 Å². The molecule has 0 bridgehead atoms. The molecule has 1 amide bonds. The minimum absolute atomic E-state index is 0.158. The summed E-state index contributed by atoms with van der Waals surface area (Å²) in [4.78, 5) is 17.2. The number of pyridine rings is 1. The molecule has 3 N–H and O–H groups in total. The normalized spacial score (nSPS) is 12.2. The Labute approximate surface area is 186 Å². The Morgan fingerprint density at radius 2 is 1.94 bits per heavy atom. The predicted octanol–water partition coefficient (Wildman–Crippen LogP) is 5.76. The fraction of sp³-hybridized carbons (Fsp3) is 0.0769. The zero-order valence-electron chi connectivity index (χ0n) is 17.6. The third-order valence-electron chi connectivity index (χ3n) is 5.47. The maximum absolute atomic E-state index is 13.0. The van der Waals surface area contributed by atoms with Crippen LogP contribution in [0, 0.1) is 0 Å². The Bertz CT molecular complexity index is 1360. The number of anilines is 3. The van der Waals surface area contributed by atoms with E-state index in [2.05, 4.69) is 27.5 Å². The topological polar surface area (TPSA) is 75.3 Å². The number of amides is 1. The summed E-state index contributed by atoms with van der Waals surface area (Å²) in [6.07, 6.45) is 1.69. The number of hydrogen-bond donors (Lipinski definition) is 3. The number of fused-ring (bicyclic) bond motifs is 2. The number of hydrogen-bond acceptors (Lipinski definition) is 5. The molecule has 0 fully saturated rings. The second-order valence-electron chi connectivity index (χ2n) is 7.59. The van der Waals surface area contributed by atoms with Crippen LogP contribution in [0.2, 0.25) is 0 Å². The maximum atomic E-state index is 13.0. The van der Waals surface area contributed by atoms with E-state index in [9.17, 15) is 4.79 Å². The van der Waals surface area contributed by atoms with E-state index in [-0.39, 0.29) is 5.91 Å². The Hall–Kier alpha value is -4.32. The molecule has 0 saturated heterocycles. The van der Waals surface area contributed by atoms with Crippen LogP contribution in [0.4, 0.5) is 17.2 Å². The number of aromatic nitrogens is 1. The van der Waals surface area contributed by atoms with E-state index in [4.69, 9.17) is 4.74 Å². The molecular weight excluding hydrogens is 400 g/mol. The van der Waals surface area contributed by atoms with Crippen molar-refractivity contribution in [1.82, 2.24) is 4.98 Å². The van der Waals surface area contributed by atoms with Gasteiger partial charge in [-0.1, -0.05) is 24.8 Å². The molecule has 32 heavy (non-hydrogen) atoms. The SMILES string of the molecule is C=C1CNc2cc(NC(=O)c3cccc4cc(Oc5ccnc(NC)c5)ccc34)ccc21. The van der Waals surface area contributed by atoms with Gasteiger partial charge < -0.3 is 20.7 Å². The number of nitrogens with one attached hydrogen (secondary N) is 3. The molecule has 6 nitrogen and oxygen atoms in total. The molecule has 0 atom stereocenters. The summed E-state index contributed by atoms with van der Waals surface area (Å²) >= 11 is 0. The molecular formula is C26H22N4O2. The third-order valence-corrected chi connectivity index (χ3v) is 5.47. The van der Waals surface area contributed by atoms with Gasteiger partial charge in [0.15, 0.2) is 0 Å². The molecule has 1 aliphatic rings. The smallest absolute Gasteiger partial charge is 0.256 e. The summed E-state index contributed by atoms with van der Waals surface area (Å²) in [6.45, 7) is 4.78. The van der Waals surface area contributed by atoms with Gasteiger partial charge in [-0.2, -0.15) is 0 Å². The summed E-state index contributed by atoms with van der Waals surface area (Å²) in [7, 11) is 1.81. The summed E-state index contributed by atoms with van der Waals surface area (Å²) in [6, 6.07) is 20.8. The van der Waals surface area contributed by atoms with E-state index in [0.29, 0.717) is 17.1 Å². The van der Waals surface area contributed by atoms with E-state index >= 15 is 0 Å². The van der Waals surface area contributed by atoms with Crippen molar-refractivity contribution in [1.29, 1.82) is 0 Å². The molecule has 0 radical (unpaired) electrons. The number of benzene rings is 3. The van der Waals surface area contributed by atoms with Gasteiger partial charge in [0, 0.05) is 48.4 Å². The lowest BCUT2D eigenvalue weighted by Crippen LogP contribution is -2.12. The zero-order chi connectivity index (χ0) is 22.1. The van der Waals surface area contributed by atoms with Crippen molar-refractivity contribution < 1.29 is 9.53 Å². The first kappa shape index (κ1) is 19.6. The second-order valence-corrected chi connectivity index (χ2v) is 7.59. The van der Waals surface area contributed by atoms with Crippen molar-refractivity contribution >= 4 is 39.4 Å². The van der Waals surface area contributed by atoms with Crippen LogP contribution in [0.15, 0.2) is 79.5 Å². The molecule has 6 heteroatoms. The van der Waals surface area contributed by atoms with Gasteiger partial charge in [0.25, 0.3) is 5.91 Å². The molecule has 3 aromatic carbocycles. The van der Waals surface area contributed by atoms with Gasteiger partial charge in [0.05, 0.1) is 0 Å². The van der Waals surface area contributed by atoms with E-state index < -0.39 is 0 Å². The minimum atomic E-state index is -0.158. The fourth-order valence-corrected chi connectivity index (χ4v) is 3.84. The highest BCUT2D eigenvalue weighted by Gasteiger charge is 2.16. The maximum Gasteiger partial charge on any atom is 0.256 e. The molecule has 158 valence electrons. The monoisotopic (exact) mass is 422 g/mol. The zero-order valence-corrected chi connectivity index (χ0v) is 17.6. The van der Waals surface area contributed by atoms with Crippen molar-refractivity contribution in [3.8, 4) is 11.5 Å². The third kappa shape index (κ3) is 3.74. The predicted molar refractivity (Wildman–Crippen MR) is 130 cm³/mol. The number of nitrogens with zero attached hydrogens (tertiary/aromatic N) is 1. The van der Waals surface area contributed by atoms with E-state index in [1.807, 2.05) is 67.7 Å². The van der Waals surface area contributed by atoms with Crippen LogP contribution in [0.5, 0.6) is 11.5 Å². The fourth-order valence-electron chi connectivity index (χ4n) is 3.84. The molecule has 0 saturated carbocycles. The summed E-state index contributed by atoms with van der Waals surface area (Å²) in [5.74, 6) is 1.95. The van der Waals surface area contributed by atoms with Crippen LogP contribution in [-0.2, 0) is 0 Å². The summed E-state index contributed by atoms with van der Waals surface area (Å²) in [5, 5.41) is 11.1. The second kappa shape index (κ2) is 8.07. The Balaban J connectivity index is 1.39. The Kier molecular flexibility index (Phi) is 4.95. The molecule has 0 spiro atoms. The highest BCUT2D eigenvalue weighted by molar-refractivity contribution is 6.13. The highest BCUT2D eigenvalue weighted by atomic mass is 16.5. The highest BCUT2D eigenvalue weighted by Crippen LogP contribution is 2.32. The standard InChI is InChI=1S/C26H22N4O2/c1-16-15-29-24-13-18(6-8-21(16)24)30-26(31)23-5-3-4-17-12-19(7-9-22(17)23)32-20-10-11-28-25(14-20)27-2/h3-14,29H,1,15H2,2H3,(H,27,28)(H,30,31). The average Bonchev–Trinajstić information content (AvgIpc) is 3.18. The summed E-state index contributed by atoms with van der Waals surface area (Å²) in [5.41, 5.74) is 4.49. The number of carbonyl (C=O) groups excluding carboxylic acids is 1. The first-order chi connectivity index (χ1) is 15.6. The van der Waals surface area contributed by atoms with Crippen LogP contribution in [0.3, 0.4) is 0 Å². The first-order valence-corrected chi connectivity index (χ1v) is 10.3. The molecule has 0 unspecified atom stereocenters. The van der Waals surface area contributed by atoms with Gasteiger partial charge in [-0.25, -0.2) is 4.98 Å². The van der Waals surface area contributed by atoms with Gasteiger partial charge >= 0.3 is 0 Å². The van der Waals surface area contributed by atoms with Crippen LogP contribution >= 0.6 is 0 Å². The van der Waals surface area contributed by atoms with Crippen LogP contribution in [-0.4, -0.2) is 24.5 Å². The molecule has 1 aromatic heterocycles. The van der Waals surface area contributed by atoms with Gasteiger partial charge in [0.1, 0.15) is 17.3 Å². The van der Waals surface area contributed by atoms with Crippen molar-refractivity contribution in [3.05, 3.63) is 90.6 Å². The molecule has 1 aliphatic heterocycles. The largest absolute Gasteiger partial charge is 0.457 e. The van der Waals surface area contributed by atoms with Crippen molar-refractivity contribution in [2.24, 2.45) is 0 Å². The van der Waals surface area contributed by atoms with E-state index in [1.54, 1.807) is 12.3 Å². The van der Waals surface area contributed by atoms with Gasteiger partial charge in [0.2, 0.25) is 0 Å². The van der Waals surface area contributed by atoms with Gasteiger partial charge in [-0.3, -0.25) is 4.79 Å². The first-order valence-electron chi connectivity index (χ1n) is 10.3. The molecule has 0 aliphatic carbocycles. The molecule has 4 aromatic rings. The van der Waals surface area contributed by atoms with Gasteiger partial charge in [-0.05, 0) is 58.8 Å². The Morgan fingerprint density at radius 1 is 1.06 bits per heavy atom. The molecule has 5 rings (SSSR count). The lowest BCUT2D eigenvalue weighted by Gasteiger charge is -2.11. The van der Waals surface area contributed by atoms with Crippen LogP contribution < -0.4 is 20.7 Å². The quantitative estimate of drug-likeness (QED) is 0.381. The average molecular weight is 422 g/mol. The number of ether oxygens (including phenoxy) is 1. The lowest BCUT2D eigenvalue weighted by atomic mass is 10.0. The van der Waals surface area contributed by atoms with Crippen LogP contribution in [0.25, 0.3) is 16.3 Å². The van der Waals surface area contributed by atoms with Crippen LogP contribution in [0.1, 0.15) is 15.9 Å². The lowest BCUT2D eigenvalue weighted by molar-refractivity contribution is 0.102. The molecule has 2 heterocycles. The summed E-state index contributed by atoms with van der Waals surface area (Å²) < 4.78 is 5.98.